The molecule has 0 aliphatic heterocycles. The van der Waals surface area contributed by atoms with Crippen LogP contribution in [-0.2, 0) is 16.6 Å². The van der Waals surface area contributed by atoms with E-state index >= 15 is 0 Å². The lowest BCUT2D eigenvalue weighted by Crippen LogP contribution is -2.38. The van der Waals surface area contributed by atoms with Crippen molar-refractivity contribution in [1.29, 1.82) is 0 Å². The van der Waals surface area contributed by atoms with Gasteiger partial charge in [-0.2, -0.15) is 4.31 Å². The maximum atomic E-state index is 12.5. The number of thiophene rings is 1. The fourth-order valence-electron chi connectivity index (χ4n) is 1.47. The molecule has 1 rings (SSSR count). The first kappa shape index (κ1) is 16.1. The van der Waals surface area contributed by atoms with Gasteiger partial charge >= 0.3 is 0 Å². The molecule has 4 nitrogen and oxygen atoms in total. The third-order valence-electron chi connectivity index (χ3n) is 3.10. The second-order valence-electron chi connectivity index (χ2n) is 4.56. The Morgan fingerprint density at radius 2 is 2.00 bits per heavy atom. The van der Waals surface area contributed by atoms with Crippen molar-refractivity contribution in [1.82, 2.24) is 4.31 Å². The van der Waals surface area contributed by atoms with Gasteiger partial charge in [-0.3, -0.25) is 0 Å². The summed E-state index contributed by atoms with van der Waals surface area (Å²) in [6, 6.07) is 1.59. The van der Waals surface area contributed by atoms with Crippen molar-refractivity contribution in [2.75, 3.05) is 7.05 Å². The molecule has 0 amide bonds. The topological polar surface area (TPSA) is 63.4 Å². The van der Waals surface area contributed by atoms with Gasteiger partial charge in [-0.15, -0.1) is 11.3 Å². The van der Waals surface area contributed by atoms with E-state index in [0.29, 0.717) is 15.2 Å². The maximum absolute atomic E-state index is 12.5. The van der Waals surface area contributed by atoms with Crippen molar-refractivity contribution in [2.24, 2.45) is 11.7 Å². The molecule has 7 heteroatoms. The smallest absolute Gasteiger partial charge is 0.245 e. The molecule has 1 heterocycles. The lowest BCUT2D eigenvalue weighted by Gasteiger charge is -2.26. The zero-order chi connectivity index (χ0) is 14.1. The summed E-state index contributed by atoms with van der Waals surface area (Å²) in [5.74, 6) is 0.260. The summed E-state index contributed by atoms with van der Waals surface area (Å²) in [5, 5.41) is 0. The number of nitrogens with zero attached hydrogens (tertiary/aromatic N) is 1. The van der Waals surface area contributed by atoms with Gasteiger partial charge in [0.1, 0.15) is 4.90 Å². The zero-order valence-corrected chi connectivity index (χ0v) is 14.2. The Kier molecular flexibility index (Phi) is 5.37. The maximum Gasteiger partial charge on any atom is 0.245 e. The Hall–Kier alpha value is 0.0500. The van der Waals surface area contributed by atoms with Gasteiger partial charge in [-0.25, -0.2) is 8.42 Å². The molecule has 1 aromatic rings. The normalized spacial score (nSPS) is 14.4. The molecule has 0 bridgehead atoms. The highest BCUT2D eigenvalue weighted by Gasteiger charge is 2.30. The van der Waals surface area contributed by atoms with Crippen LogP contribution in [0.4, 0.5) is 0 Å². The van der Waals surface area contributed by atoms with Crippen molar-refractivity contribution in [3.8, 4) is 0 Å². The highest BCUT2D eigenvalue weighted by molar-refractivity contribution is 9.11. The molecule has 2 N–H and O–H groups in total. The van der Waals surface area contributed by atoms with Gasteiger partial charge in [0, 0.05) is 24.5 Å². The number of rotatable bonds is 5. The summed E-state index contributed by atoms with van der Waals surface area (Å²) in [7, 11) is -1.84. The van der Waals surface area contributed by atoms with E-state index < -0.39 is 10.0 Å². The summed E-state index contributed by atoms with van der Waals surface area (Å²) < 4.78 is 27.0. The van der Waals surface area contributed by atoms with Gasteiger partial charge in [-0.05, 0) is 34.8 Å². The molecule has 0 radical (unpaired) electrons. The van der Waals surface area contributed by atoms with E-state index in [2.05, 4.69) is 15.9 Å². The van der Waals surface area contributed by atoms with Gasteiger partial charge in [0.25, 0.3) is 0 Å². The molecule has 104 valence electrons. The van der Waals surface area contributed by atoms with E-state index in [0.717, 1.165) is 4.88 Å². The van der Waals surface area contributed by atoms with E-state index in [1.54, 1.807) is 13.1 Å². The molecule has 1 aromatic heterocycles. The Labute approximate surface area is 121 Å². The van der Waals surface area contributed by atoms with Crippen LogP contribution in [-0.4, -0.2) is 25.8 Å². The van der Waals surface area contributed by atoms with Crippen LogP contribution in [0.25, 0.3) is 0 Å². The molecule has 1 unspecified atom stereocenters. The van der Waals surface area contributed by atoms with Crippen molar-refractivity contribution in [3.05, 3.63) is 14.7 Å². The van der Waals surface area contributed by atoms with Crippen LogP contribution >= 0.6 is 27.3 Å². The van der Waals surface area contributed by atoms with Crippen molar-refractivity contribution in [2.45, 2.75) is 38.3 Å². The molecule has 0 fully saturated rings. The van der Waals surface area contributed by atoms with E-state index in [1.165, 1.54) is 15.6 Å². The Morgan fingerprint density at radius 1 is 1.44 bits per heavy atom. The molecule has 0 aromatic carbocycles. The van der Waals surface area contributed by atoms with E-state index in [4.69, 9.17) is 5.73 Å². The largest absolute Gasteiger partial charge is 0.326 e. The first-order chi connectivity index (χ1) is 8.21. The number of nitrogens with two attached hydrogens (primary N) is 1. The SMILES string of the molecule is CC(C)C(C)N(C)S(=O)(=O)c1cc(CN)sc1Br. The summed E-state index contributed by atoms with van der Waals surface area (Å²) in [6.07, 6.45) is 0. The minimum absolute atomic E-state index is 0.0527. The predicted molar refractivity (Wildman–Crippen MR) is 79.2 cm³/mol. The molecule has 1 atom stereocenters. The quantitative estimate of drug-likeness (QED) is 0.883. The molecular formula is C11H19BrN2O2S2. The van der Waals surface area contributed by atoms with E-state index in [-0.39, 0.29) is 12.0 Å². The molecule has 0 aliphatic carbocycles. The van der Waals surface area contributed by atoms with Gasteiger partial charge < -0.3 is 5.73 Å². The van der Waals surface area contributed by atoms with Crippen LogP contribution in [0, 0.1) is 5.92 Å². The summed E-state index contributed by atoms with van der Waals surface area (Å²) >= 11 is 4.67. The highest BCUT2D eigenvalue weighted by Crippen LogP contribution is 2.34. The standard InChI is InChI=1S/C11H19BrN2O2S2/c1-7(2)8(3)14(4)18(15,16)10-5-9(6-13)17-11(10)12/h5,7-8H,6,13H2,1-4H3. The Morgan fingerprint density at radius 3 is 2.39 bits per heavy atom. The second-order valence-corrected chi connectivity index (χ2v) is 8.98. The number of hydrogen-bond acceptors (Lipinski definition) is 4. The molecule has 0 spiro atoms. The monoisotopic (exact) mass is 354 g/mol. The summed E-state index contributed by atoms with van der Waals surface area (Å²) in [6.45, 7) is 6.27. The number of halogens is 1. The minimum Gasteiger partial charge on any atom is -0.326 e. The van der Waals surface area contributed by atoms with Crippen molar-refractivity contribution in [3.63, 3.8) is 0 Å². The van der Waals surface area contributed by atoms with Gasteiger partial charge in [0.05, 0.1) is 3.79 Å². The van der Waals surface area contributed by atoms with Crippen LogP contribution in [0.5, 0.6) is 0 Å². The van der Waals surface area contributed by atoms with Gasteiger partial charge in [0.15, 0.2) is 0 Å². The molecule has 18 heavy (non-hydrogen) atoms. The van der Waals surface area contributed by atoms with Crippen molar-refractivity contribution >= 4 is 37.3 Å². The molecular weight excluding hydrogens is 336 g/mol. The first-order valence-corrected chi connectivity index (χ1v) is 8.73. The number of sulfonamides is 1. The average Bonchev–Trinajstić information content (AvgIpc) is 2.69. The van der Waals surface area contributed by atoms with Gasteiger partial charge in [0.2, 0.25) is 10.0 Å². The van der Waals surface area contributed by atoms with Crippen LogP contribution < -0.4 is 5.73 Å². The third-order valence-corrected chi connectivity index (χ3v) is 7.32. The Balaban J connectivity index is 3.17. The van der Waals surface area contributed by atoms with Crippen LogP contribution in [0.1, 0.15) is 25.6 Å². The minimum atomic E-state index is -3.46. The summed E-state index contributed by atoms with van der Waals surface area (Å²) in [4.78, 5) is 1.16. The third kappa shape index (κ3) is 3.14. The zero-order valence-electron chi connectivity index (χ0n) is 11.0. The molecule has 0 saturated carbocycles. The van der Waals surface area contributed by atoms with Crippen LogP contribution in [0.2, 0.25) is 0 Å². The molecule has 0 aliphatic rings. The van der Waals surface area contributed by atoms with Crippen LogP contribution in [0.3, 0.4) is 0 Å². The fourth-order valence-corrected chi connectivity index (χ4v) is 5.47. The lowest BCUT2D eigenvalue weighted by atomic mass is 10.1. The predicted octanol–water partition coefficient (Wildman–Crippen LogP) is 2.63. The van der Waals surface area contributed by atoms with Crippen LogP contribution in [0.15, 0.2) is 14.7 Å². The Bertz CT molecular complexity index is 511. The van der Waals surface area contributed by atoms with E-state index in [1.807, 2.05) is 20.8 Å². The average molecular weight is 355 g/mol. The highest BCUT2D eigenvalue weighted by atomic mass is 79.9. The lowest BCUT2D eigenvalue weighted by molar-refractivity contribution is 0.315. The second kappa shape index (κ2) is 6.00. The van der Waals surface area contributed by atoms with E-state index in [9.17, 15) is 8.42 Å². The van der Waals surface area contributed by atoms with Crippen molar-refractivity contribution < 1.29 is 8.42 Å². The van der Waals surface area contributed by atoms with Gasteiger partial charge in [-0.1, -0.05) is 13.8 Å². The fraction of sp³-hybridized carbons (Fsp3) is 0.636. The molecule has 0 saturated heterocycles. The summed E-state index contributed by atoms with van der Waals surface area (Å²) in [5.41, 5.74) is 5.54. The first-order valence-electron chi connectivity index (χ1n) is 5.68. The number of hydrogen-bond donors (Lipinski definition) is 1.